The Morgan fingerprint density at radius 1 is 1.31 bits per heavy atom. The molecule has 0 saturated carbocycles. The first-order valence-electron chi connectivity index (χ1n) is 9.11. The van der Waals surface area contributed by atoms with Crippen LogP contribution < -0.4 is 15.4 Å². The lowest BCUT2D eigenvalue weighted by Crippen LogP contribution is -2.42. The van der Waals surface area contributed by atoms with Crippen LogP contribution >= 0.6 is 0 Å². The molecule has 3 rings (SSSR count). The summed E-state index contributed by atoms with van der Waals surface area (Å²) in [5.74, 6) is 1.21. The van der Waals surface area contributed by atoms with Crippen LogP contribution in [0.25, 0.3) is 0 Å². The molecule has 6 heteroatoms. The summed E-state index contributed by atoms with van der Waals surface area (Å²) in [5, 5.41) is 10.4. The normalized spacial score (nSPS) is 16.3. The molecule has 1 saturated heterocycles. The number of amides is 1. The van der Waals surface area contributed by atoms with Gasteiger partial charge < -0.3 is 19.9 Å². The summed E-state index contributed by atoms with van der Waals surface area (Å²) in [7, 11) is 0. The molecule has 140 valence electrons. The Bertz CT molecular complexity index is 744. The molecule has 2 N–H and O–H groups in total. The maximum absolute atomic E-state index is 12.7. The van der Waals surface area contributed by atoms with Gasteiger partial charge in [0.15, 0.2) is 0 Å². The molecule has 0 aliphatic carbocycles. The van der Waals surface area contributed by atoms with Gasteiger partial charge in [0.05, 0.1) is 16.8 Å². The molecule has 1 amide bonds. The van der Waals surface area contributed by atoms with Crippen LogP contribution in [-0.4, -0.2) is 30.7 Å². The van der Waals surface area contributed by atoms with Gasteiger partial charge in [0.2, 0.25) is 0 Å². The fourth-order valence-electron chi connectivity index (χ4n) is 3.23. The Morgan fingerprint density at radius 2 is 2.04 bits per heavy atom. The molecule has 0 atom stereocenters. The minimum absolute atomic E-state index is 0.0980. The van der Waals surface area contributed by atoms with E-state index < -0.39 is 0 Å². The van der Waals surface area contributed by atoms with Gasteiger partial charge in [-0.05, 0) is 57.3 Å². The van der Waals surface area contributed by atoms with Crippen LogP contribution in [0.1, 0.15) is 47.1 Å². The lowest BCUT2D eigenvalue weighted by atomic mass is 9.81. The van der Waals surface area contributed by atoms with Crippen LogP contribution in [-0.2, 0) is 6.61 Å². The number of piperidine rings is 1. The second kappa shape index (κ2) is 7.91. The minimum Gasteiger partial charge on any atom is -0.488 e. The van der Waals surface area contributed by atoms with Crippen LogP contribution in [0.4, 0.5) is 0 Å². The molecule has 1 aromatic heterocycles. The summed E-state index contributed by atoms with van der Waals surface area (Å²) < 4.78 is 11.1. The van der Waals surface area contributed by atoms with Crippen molar-refractivity contribution in [3.05, 3.63) is 46.8 Å². The van der Waals surface area contributed by atoms with Gasteiger partial charge in [0, 0.05) is 6.54 Å². The summed E-state index contributed by atoms with van der Waals surface area (Å²) in [6, 6.07) is 7.33. The highest BCUT2D eigenvalue weighted by molar-refractivity contribution is 5.96. The van der Waals surface area contributed by atoms with E-state index >= 15 is 0 Å². The van der Waals surface area contributed by atoms with Crippen LogP contribution in [0, 0.1) is 19.3 Å². The van der Waals surface area contributed by atoms with Gasteiger partial charge in [0.1, 0.15) is 18.1 Å². The predicted molar refractivity (Wildman–Crippen MR) is 99.3 cm³/mol. The van der Waals surface area contributed by atoms with Crippen molar-refractivity contribution in [2.45, 2.75) is 40.2 Å². The molecular formula is C20H27N3O3. The average molecular weight is 357 g/mol. The first kappa shape index (κ1) is 18.5. The van der Waals surface area contributed by atoms with Crippen LogP contribution in [0.3, 0.4) is 0 Å². The average Bonchev–Trinajstić information content (AvgIpc) is 2.97. The van der Waals surface area contributed by atoms with Crippen molar-refractivity contribution in [2.24, 2.45) is 5.41 Å². The van der Waals surface area contributed by atoms with E-state index in [0.717, 1.165) is 42.9 Å². The summed E-state index contributed by atoms with van der Waals surface area (Å²) >= 11 is 0. The first-order valence-corrected chi connectivity index (χ1v) is 9.11. The second-order valence-electron chi connectivity index (χ2n) is 7.33. The van der Waals surface area contributed by atoms with E-state index in [4.69, 9.17) is 9.26 Å². The number of ether oxygens (including phenoxy) is 1. The zero-order valence-electron chi connectivity index (χ0n) is 15.7. The van der Waals surface area contributed by atoms with E-state index in [1.807, 2.05) is 32.0 Å². The number of hydrogen-bond donors (Lipinski definition) is 2. The Kier molecular flexibility index (Phi) is 5.61. The third kappa shape index (κ3) is 4.25. The molecule has 0 radical (unpaired) electrons. The maximum atomic E-state index is 12.7. The van der Waals surface area contributed by atoms with Crippen molar-refractivity contribution in [3.63, 3.8) is 0 Å². The van der Waals surface area contributed by atoms with Gasteiger partial charge in [-0.15, -0.1) is 0 Å². The summed E-state index contributed by atoms with van der Waals surface area (Å²) in [6.07, 6.45) is 2.13. The van der Waals surface area contributed by atoms with Gasteiger partial charge in [-0.25, -0.2) is 0 Å². The highest BCUT2D eigenvalue weighted by Crippen LogP contribution is 2.27. The van der Waals surface area contributed by atoms with Gasteiger partial charge in [0.25, 0.3) is 5.91 Å². The fraction of sp³-hybridized carbons (Fsp3) is 0.500. The lowest BCUT2D eigenvalue weighted by Gasteiger charge is -2.34. The van der Waals surface area contributed by atoms with Crippen molar-refractivity contribution in [3.8, 4) is 5.75 Å². The number of nitrogens with one attached hydrogen (secondary N) is 2. The highest BCUT2D eigenvalue weighted by atomic mass is 16.5. The molecule has 1 fully saturated rings. The van der Waals surface area contributed by atoms with E-state index in [2.05, 4.69) is 22.7 Å². The quantitative estimate of drug-likeness (QED) is 0.831. The van der Waals surface area contributed by atoms with Gasteiger partial charge in [-0.2, -0.15) is 0 Å². The molecule has 0 unspecified atom stereocenters. The standard InChI is InChI=1S/C20H27N3O3/c1-14-17(15(2)26-23-14)12-25-18-7-5-4-6-16(18)19(24)22-13-20(3)8-10-21-11-9-20/h4-7,21H,8-13H2,1-3H3,(H,22,24). The monoisotopic (exact) mass is 357 g/mol. The Balaban J connectivity index is 1.65. The van der Waals surface area contributed by atoms with E-state index in [-0.39, 0.29) is 11.3 Å². The number of para-hydroxylation sites is 1. The number of aromatic nitrogens is 1. The number of hydrogen-bond acceptors (Lipinski definition) is 5. The van der Waals surface area contributed by atoms with Crippen LogP contribution in [0.2, 0.25) is 0 Å². The third-order valence-corrected chi connectivity index (χ3v) is 5.17. The summed E-state index contributed by atoms with van der Waals surface area (Å²) in [4.78, 5) is 12.7. The summed E-state index contributed by atoms with van der Waals surface area (Å²) in [5.41, 5.74) is 2.43. The SMILES string of the molecule is Cc1noc(C)c1COc1ccccc1C(=O)NCC1(C)CCNCC1. The molecule has 26 heavy (non-hydrogen) atoms. The Labute approximate surface area is 154 Å². The Hall–Kier alpha value is -2.34. The smallest absolute Gasteiger partial charge is 0.255 e. The number of nitrogens with zero attached hydrogens (tertiary/aromatic N) is 1. The van der Waals surface area contributed by atoms with Crippen molar-refractivity contribution in [1.29, 1.82) is 0 Å². The van der Waals surface area contributed by atoms with E-state index in [1.165, 1.54) is 0 Å². The van der Waals surface area contributed by atoms with Crippen LogP contribution in [0.5, 0.6) is 5.75 Å². The Morgan fingerprint density at radius 3 is 2.73 bits per heavy atom. The molecule has 1 aromatic carbocycles. The van der Waals surface area contributed by atoms with Crippen molar-refractivity contribution < 1.29 is 14.1 Å². The van der Waals surface area contributed by atoms with Crippen molar-refractivity contribution >= 4 is 5.91 Å². The van der Waals surface area contributed by atoms with E-state index in [9.17, 15) is 4.79 Å². The number of rotatable bonds is 6. The second-order valence-corrected chi connectivity index (χ2v) is 7.33. The predicted octanol–water partition coefficient (Wildman–Crippen LogP) is 2.99. The molecule has 0 spiro atoms. The third-order valence-electron chi connectivity index (χ3n) is 5.17. The van der Waals surface area contributed by atoms with E-state index in [1.54, 1.807) is 6.07 Å². The molecule has 2 aromatic rings. The molecule has 1 aliphatic rings. The molecule has 1 aliphatic heterocycles. The minimum atomic E-state index is -0.0980. The summed E-state index contributed by atoms with van der Waals surface area (Å²) in [6.45, 7) is 8.98. The number of benzene rings is 1. The topological polar surface area (TPSA) is 76.4 Å². The highest BCUT2D eigenvalue weighted by Gasteiger charge is 2.27. The number of carbonyl (C=O) groups excluding carboxylic acids is 1. The molecular weight excluding hydrogens is 330 g/mol. The van der Waals surface area contributed by atoms with Crippen molar-refractivity contribution in [2.75, 3.05) is 19.6 Å². The van der Waals surface area contributed by atoms with Gasteiger partial charge in [-0.3, -0.25) is 4.79 Å². The maximum Gasteiger partial charge on any atom is 0.255 e. The van der Waals surface area contributed by atoms with Gasteiger partial charge in [-0.1, -0.05) is 24.2 Å². The molecule has 2 heterocycles. The van der Waals surface area contributed by atoms with Crippen LogP contribution in [0.15, 0.2) is 28.8 Å². The zero-order valence-corrected chi connectivity index (χ0v) is 15.7. The van der Waals surface area contributed by atoms with Crippen molar-refractivity contribution in [1.82, 2.24) is 15.8 Å². The number of carbonyl (C=O) groups is 1. The van der Waals surface area contributed by atoms with Gasteiger partial charge >= 0.3 is 0 Å². The molecule has 6 nitrogen and oxygen atoms in total. The first-order chi connectivity index (χ1) is 12.5. The van der Waals surface area contributed by atoms with E-state index in [0.29, 0.717) is 24.5 Å². The lowest BCUT2D eigenvalue weighted by molar-refractivity contribution is 0.0917. The largest absolute Gasteiger partial charge is 0.488 e. The molecule has 0 bridgehead atoms. The fourth-order valence-corrected chi connectivity index (χ4v) is 3.23. The zero-order chi connectivity index (χ0) is 18.6. The number of aryl methyl sites for hydroxylation is 2.